The van der Waals surface area contributed by atoms with Crippen molar-refractivity contribution in [3.8, 4) is 0 Å². The van der Waals surface area contributed by atoms with E-state index in [1.54, 1.807) is 0 Å². The summed E-state index contributed by atoms with van der Waals surface area (Å²) in [5.41, 5.74) is 0. The number of hydrogen-bond donors (Lipinski definition) is 0. The van der Waals surface area contributed by atoms with Crippen molar-refractivity contribution in [1.82, 2.24) is 0 Å². The molecule has 0 aliphatic carbocycles. The fourth-order valence-corrected chi connectivity index (χ4v) is 0.824. The van der Waals surface area contributed by atoms with Gasteiger partial charge in [0.2, 0.25) is 5.24 Å². The Morgan fingerprint density at radius 2 is 2.00 bits per heavy atom. The Labute approximate surface area is 62.2 Å². The van der Waals surface area contributed by atoms with Crippen molar-refractivity contribution >= 4 is 24.7 Å². The third kappa shape index (κ3) is 8.02. The van der Waals surface area contributed by atoms with Crippen LogP contribution in [0.4, 0.5) is 0 Å². The van der Waals surface area contributed by atoms with Crippen LogP contribution >= 0.6 is 11.6 Å². The van der Waals surface area contributed by atoms with E-state index in [9.17, 15) is 4.79 Å². The topological polar surface area (TPSA) is 17.1 Å². The molecule has 0 radical (unpaired) electrons. The molecule has 0 saturated carbocycles. The average Bonchev–Trinajstić information content (AvgIpc) is 1.80. The predicted octanol–water partition coefficient (Wildman–Crippen LogP) is 1.36. The number of carbonyl (C=O) groups is 1. The molecule has 0 aromatic rings. The Morgan fingerprint density at radius 3 is 2.44 bits per heavy atom. The van der Waals surface area contributed by atoms with Gasteiger partial charge in [0, 0.05) is 6.42 Å². The lowest BCUT2D eigenvalue weighted by Gasteiger charge is -1.92. The molecular weight excluding hydrogens is 134 g/mol. The van der Waals surface area contributed by atoms with E-state index in [2.05, 4.69) is 7.85 Å². The van der Waals surface area contributed by atoms with Crippen LogP contribution in [0.15, 0.2) is 0 Å². The van der Waals surface area contributed by atoms with Crippen LogP contribution in [0.1, 0.15) is 25.7 Å². The monoisotopic (exact) mass is 146 g/mol. The van der Waals surface area contributed by atoms with Gasteiger partial charge in [0.25, 0.3) is 0 Å². The van der Waals surface area contributed by atoms with Crippen molar-refractivity contribution < 1.29 is 4.79 Å². The number of rotatable bonds is 5. The van der Waals surface area contributed by atoms with Gasteiger partial charge in [-0.3, -0.25) is 4.79 Å². The SMILES string of the molecule is BCCCCCC(=O)Cl. The Morgan fingerprint density at radius 1 is 1.33 bits per heavy atom. The molecule has 0 unspecified atom stereocenters. The van der Waals surface area contributed by atoms with E-state index < -0.39 is 0 Å². The highest BCUT2D eigenvalue weighted by Crippen LogP contribution is 2.03. The molecule has 52 valence electrons. The summed E-state index contributed by atoms with van der Waals surface area (Å²) in [5, 5.41) is -0.203. The predicted molar refractivity (Wildman–Crippen MR) is 42.7 cm³/mol. The summed E-state index contributed by atoms with van der Waals surface area (Å²) in [6.45, 7) is 0. The Kier molecular flexibility index (Phi) is 6.17. The second-order valence-electron chi connectivity index (χ2n) is 2.17. The summed E-state index contributed by atoms with van der Waals surface area (Å²) in [6, 6.07) is 0. The highest BCUT2D eigenvalue weighted by Gasteiger charge is 1.93. The maximum absolute atomic E-state index is 10.2. The van der Waals surface area contributed by atoms with Gasteiger partial charge in [-0.25, -0.2) is 0 Å². The molecule has 0 saturated heterocycles. The van der Waals surface area contributed by atoms with Crippen molar-refractivity contribution in [3.63, 3.8) is 0 Å². The van der Waals surface area contributed by atoms with Gasteiger partial charge < -0.3 is 0 Å². The van der Waals surface area contributed by atoms with Crippen LogP contribution in [0.3, 0.4) is 0 Å². The zero-order valence-electron chi connectivity index (χ0n) is 5.82. The van der Waals surface area contributed by atoms with Crippen LogP contribution in [0, 0.1) is 0 Å². The van der Waals surface area contributed by atoms with E-state index in [1.807, 2.05) is 0 Å². The smallest absolute Gasteiger partial charge is 0.221 e. The minimum absolute atomic E-state index is 0.203. The molecule has 0 aliphatic rings. The zero-order valence-corrected chi connectivity index (χ0v) is 6.58. The molecule has 3 heteroatoms. The highest BCUT2D eigenvalue weighted by molar-refractivity contribution is 6.63. The van der Waals surface area contributed by atoms with Gasteiger partial charge in [-0.15, -0.1) is 0 Å². The van der Waals surface area contributed by atoms with Crippen LogP contribution in [-0.2, 0) is 4.79 Å². The number of hydrogen-bond acceptors (Lipinski definition) is 1. The number of halogens is 1. The molecule has 0 rings (SSSR count). The molecule has 0 bridgehead atoms. The molecule has 0 aromatic heterocycles. The third-order valence-corrected chi connectivity index (χ3v) is 1.42. The normalized spacial score (nSPS) is 9.44. The van der Waals surface area contributed by atoms with E-state index in [0.717, 1.165) is 12.8 Å². The van der Waals surface area contributed by atoms with E-state index >= 15 is 0 Å². The molecular formula is C6H12BClO. The Bertz CT molecular complexity index is 85.1. The van der Waals surface area contributed by atoms with E-state index in [-0.39, 0.29) is 5.24 Å². The van der Waals surface area contributed by atoms with Crippen LogP contribution in [-0.4, -0.2) is 13.1 Å². The second kappa shape index (κ2) is 6.15. The third-order valence-electron chi connectivity index (χ3n) is 1.23. The standard InChI is InChI=1S/C6H12BClO/c7-5-3-1-2-4-6(8)9/h1-5,7H2. The van der Waals surface area contributed by atoms with Crippen molar-refractivity contribution in [1.29, 1.82) is 0 Å². The molecule has 1 nitrogen and oxygen atoms in total. The lowest BCUT2D eigenvalue weighted by Crippen LogP contribution is -1.85. The van der Waals surface area contributed by atoms with E-state index in [4.69, 9.17) is 11.6 Å². The maximum atomic E-state index is 10.2. The molecule has 0 fully saturated rings. The lowest BCUT2D eigenvalue weighted by molar-refractivity contribution is -0.111. The fourth-order valence-electron chi connectivity index (χ4n) is 0.691. The highest BCUT2D eigenvalue weighted by atomic mass is 35.5. The van der Waals surface area contributed by atoms with Gasteiger partial charge in [-0.05, 0) is 18.0 Å². The molecule has 0 amide bonds. The van der Waals surface area contributed by atoms with Crippen molar-refractivity contribution in [2.45, 2.75) is 32.0 Å². The first kappa shape index (κ1) is 9.02. The molecule has 0 N–H and O–H groups in total. The average molecular weight is 146 g/mol. The van der Waals surface area contributed by atoms with Crippen molar-refractivity contribution in [2.75, 3.05) is 0 Å². The number of carbonyl (C=O) groups excluding carboxylic acids is 1. The maximum Gasteiger partial charge on any atom is 0.221 e. The molecule has 0 spiro atoms. The van der Waals surface area contributed by atoms with Gasteiger partial charge in [-0.2, -0.15) is 0 Å². The molecule has 0 aliphatic heterocycles. The molecule has 0 atom stereocenters. The molecule has 0 heterocycles. The number of unbranched alkanes of at least 4 members (excludes halogenated alkanes) is 2. The van der Waals surface area contributed by atoms with Crippen LogP contribution in [0.2, 0.25) is 6.32 Å². The molecule has 9 heavy (non-hydrogen) atoms. The van der Waals surface area contributed by atoms with E-state index in [0.29, 0.717) is 6.42 Å². The van der Waals surface area contributed by atoms with Crippen molar-refractivity contribution in [3.05, 3.63) is 0 Å². The largest absolute Gasteiger partial charge is 0.281 e. The van der Waals surface area contributed by atoms with Gasteiger partial charge in [0.15, 0.2) is 0 Å². The summed E-state index contributed by atoms with van der Waals surface area (Å²) >= 11 is 5.12. The van der Waals surface area contributed by atoms with Gasteiger partial charge in [0.05, 0.1) is 0 Å². The lowest BCUT2D eigenvalue weighted by atomic mass is 9.99. The quantitative estimate of drug-likeness (QED) is 0.325. The summed E-state index contributed by atoms with van der Waals surface area (Å²) in [7, 11) is 2.14. The van der Waals surface area contributed by atoms with Crippen molar-refractivity contribution in [2.24, 2.45) is 0 Å². The Balaban J connectivity index is 2.83. The first-order chi connectivity index (χ1) is 4.27. The minimum atomic E-state index is -0.203. The van der Waals surface area contributed by atoms with Crippen LogP contribution < -0.4 is 0 Å². The summed E-state index contributed by atoms with van der Waals surface area (Å²) in [6.07, 6.45) is 5.05. The van der Waals surface area contributed by atoms with Crippen LogP contribution in [0.25, 0.3) is 0 Å². The summed E-state index contributed by atoms with van der Waals surface area (Å²) in [5.74, 6) is 0. The fraction of sp³-hybridized carbons (Fsp3) is 0.833. The van der Waals surface area contributed by atoms with Crippen LogP contribution in [0.5, 0.6) is 0 Å². The van der Waals surface area contributed by atoms with Gasteiger partial charge in [-0.1, -0.05) is 19.2 Å². The molecule has 0 aromatic carbocycles. The van der Waals surface area contributed by atoms with Gasteiger partial charge >= 0.3 is 0 Å². The summed E-state index contributed by atoms with van der Waals surface area (Å²) < 4.78 is 0. The zero-order chi connectivity index (χ0) is 7.11. The van der Waals surface area contributed by atoms with Gasteiger partial charge in [0.1, 0.15) is 7.85 Å². The van der Waals surface area contributed by atoms with E-state index in [1.165, 1.54) is 12.7 Å². The summed E-state index contributed by atoms with van der Waals surface area (Å²) in [4.78, 5) is 10.2. The first-order valence-electron chi connectivity index (χ1n) is 3.45. The minimum Gasteiger partial charge on any atom is -0.281 e. The Hall–Kier alpha value is 0.0249. The second-order valence-corrected chi connectivity index (χ2v) is 2.59. The first-order valence-corrected chi connectivity index (χ1v) is 3.83.